The summed E-state index contributed by atoms with van der Waals surface area (Å²) in [5.41, 5.74) is 2.50. The third-order valence-corrected chi connectivity index (χ3v) is 8.45. The summed E-state index contributed by atoms with van der Waals surface area (Å²) in [6.07, 6.45) is 1.53. The second kappa shape index (κ2) is 9.84. The van der Waals surface area contributed by atoms with Gasteiger partial charge in [0, 0.05) is 17.8 Å². The van der Waals surface area contributed by atoms with Gasteiger partial charge in [-0.05, 0) is 74.0 Å². The summed E-state index contributed by atoms with van der Waals surface area (Å²) < 4.78 is 39.3. The molecule has 1 aliphatic heterocycles. The quantitative estimate of drug-likeness (QED) is 0.488. The first kappa shape index (κ1) is 23.1. The SMILES string of the molecule is CCOc1ccc(C(=O)Nc2ccc3c(c2)N(S(=O)(=O)c2cccs2)CCC3)cc1OCC. The number of fused-ring (bicyclic) bond motifs is 1. The Kier molecular flexibility index (Phi) is 6.90. The number of aryl methyl sites for hydroxylation is 1. The molecule has 0 atom stereocenters. The smallest absolute Gasteiger partial charge is 0.273 e. The largest absolute Gasteiger partial charge is 0.490 e. The Bertz CT molecular complexity index is 1240. The van der Waals surface area contributed by atoms with Crippen LogP contribution < -0.4 is 19.1 Å². The number of nitrogens with zero attached hydrogens (tertiary/aromatic N) is 1. The first-order valence-corrected chi connectivity index (χ1v) is 13.2. The molecular formula is C24H26N2O5S2. The van der Waals surface area contributed by atoms with Crippen LogP contribution in [0.3, 0.4) is 0 Å². The molecule has 0 saturated carbocycles. The van der Waals surface area contributed by atoms with Gasteiger partial charge in [-0.25, -0.2) is 8.42 Å². The van der Waals surface area contributed by atoms with Crippen LogP contribution in [0.2, 0.25) is 0 Å². The number of ether oxygens (including phenoxy) is 2. The van der Waals surface area contributed by atoms with E-state index in [-0.39, 0.29) is 5.91 Å². The first-order chi connectivity index (χ1) is 15.9. The number of nitrogens with one attached hydrogen (secondary N) is 1. The number of carbonyl (C=O) groups excluding carboxylic acids is 1. The van der Waals surface area contributed by atoms with Gasteiger partial charge in [0.2, 0.25) is 0 Å². The number of sulfonamides is 1. The number of hydrogen-bond acceptors (Lipinski definition) is 6. The highest BCUT2D eigenvalue weighted by Crippen LogP contribution is 2.35. The van der Waals surface area contributed by atoms with Gasteiger partial charge < -0.3 is 14.8 Å². The maximum atomic E-state index is 13.2. The number of carbonyl (C=O) groups is 1. The zero-order chi connectivity index (χ0) is 23.4. The molecular weight excluding hydrogens is 460 g/mol. The zero-order valence-electron chi connectivity index (χ0n) is 18.5. The molecule has 2 aromatic carbocycles. The van der Waals surface area contributed by atoms with Crippen molar-refractivity contribution in [2.45, 2.75) is 30.9 Å². The molecule has 2 heterocycles. The van der Waals surface area contributed by atoms with Crippen LogP contribution in [0.15, 0.2) is 58.1 Å². The van der Waals surface area contributed by atoms with Crippen molar-refractivity contribution in [1.82, 2.24) is 0 Å². The van der Waals surface area contributed by atoms with Crippen LogP contribution >= 0.6 is 11.3 Å². The molecule has 4 rings (SSSR count). The molecule has 1 N–H and O–H groups in total. The zero-order valence-corrected chi connectivity index (χ0v) is 20.2. The van der Waals surface area contributed by atoms with E-state index in [1.54, 1.807) is 47.8 Å². The van der Waals surface area contributed by atoms with Gasteiger partial charge in [0.1, 0.15) is 4.21 Å². The molecule has 3 aromatic rings. The van der Waals surface area contributed by atoms with Crippen molar-refractivity contribution < 1.29 is 22.7 Å². The molecule has 0 unspecified atom stereocenters. The lowest BCUT2D eigenvalue weighted by atomic mass is 10.0. The van der Waals surface area contributed by atoms with Crippen LogP contribution in [0.25, 0.3) is 0 Å². The molecule has 0 spiro atoms. The highest BCUT2D eigenvalue weighted by Gasteiger charge is 2.30. The lowest BCUT2D eigenvalue weighted by molar-refractivity contribution is 0.102. The van der Waals surface area contributed by atoms with Crippen molar-refractivity contribution in [1.29, 1.82) is 0 Å². The maximum absolute atomic E-state index is 13.2. The van der Waals surface area contributed by atoms with Crippen molar-refractivity contribution in [3.05, 3.63) is 65.0 Å². The van der Waals surface area contributed by atoms with E-state index in [4.69, 9.17) is 9.47 Å². The molecule has 9 heteroatoms. The molecule has 7 nitrogen and oxygen atoms in total. The van der Waals surface area contributed by atoms with E-state index in [1.165, 1.54) is 15.6 Å². The number of amides is 1. The minimum absolute atomic E-state index is 0.308. The molecule has 1 aliphatic rings. The van der Waals surface area contributed by atoms with Gasteiger partial charge >= 0.3 is 0 Å². The highest BCUT2D eigenvalue weighted by atomic mass is 32.2. The van der Waals surface area contributed by atoms with Crippen molar-refractivity contribution in [3.8, 4) is 11.5 Å². The monoisotopic (exact) mass is 486 g/mol. The van der Waals surface area contributed by atoms with E-state index >= 15 is 0 Å². The van der Waals surface area contributed by atoms with Crippen LogP contribution in [-0.2, 0) is 16.4 Å². The van der Waals surface area contributed by atoms with E-state index in [9.17, 15) is 13.2 Å². The third-order valence-electron chi connectivity index (χ3n) is 5.26. The fourth-order valence-corrected chi connectivity index (χ4v) is 6.42. The fraction of sp³-hybridized carbons (Fsp3) is 0.292. The molecule has 0 fully saturated rings. The number of hydrogen-bond donors (Lipinski definition) is 1. The standard InChI is InChI=1S/C24H26N2O5S2/c1-3-30-21-12-10-18(15-22(21)31-4-2)24(27)25-19-11-9-17-7-5-13-26(20(17)16-19)33(28,29)23-8-6-14-32-23/h6,8-12,14-16H,3-5,7,13H2,1-2H3,(H,25,27). The fourth-order valence-electron chi connectivity index (χ4n) is 3.78. The summed E-state index contributed by atoms with van der Waals surface area (Å²) in [5, 5.41) is 4.63. The Morgan fingerprint density at radius 3 is 2.58 bits per heavy atom. The Morgan fingerprint density at radius 2 is 1.85 bits per heavy atom. The molecule has 1 amide bonds. The average molecular weight is 487 g/mol. The normalized spacial score (nSPS) is 13.3. The van der Waals surface area contributed by atoms with Gasteiger partial charge in [0.05, 0.1) is 18.9 Å². The Balaban J connectivity index is 1.60. The van der Waals surface area contributed by atoms with Crippen LogP contribution in [0.1, 0.15) is 36.2 Å². The topological polar surface area (TPSA) is 84.9 Å². The number of benzene rings is 2. The summed E-state index contributed by atoms with van der Waals surface area (Å²) in [6, 6.07) is 13.8. The minimum Gasteiger partial charge on any atom is -0.490 e. The maximum Gasteiger partial charge on any atom is 0.273 e. The van der Waals surface area contributed by atoms with Crippen molar-refractivity contribution in [2.24, 2.45) is 0 Å². The van der Waals surface area contributed by atoms with E-state index in [0.29, 0.717) is 52.4 Å². The third kappa shape index (κ3) is 4.84. The number of anilines is 2. The second-order valence-corrected chi connectivity index (χ2v) is 10.5. The van der Waals surface area contributed by atoms with Crippen LogP contribution in [-0.4, -0.2) is 34.1 Å². The minimum atomic E-state index is -3.64. The van der Waals surface area contributed by atoms with E-state index < -0.39 is 10.0 Å². The second-order valence-electron chi connectivity index (χ2n) is 7.44. The van der Waals surface area contributed by atoms with E-state index in [0.717, 1.165) is 18.4 Å². The van der Waals surface area contributed by atoms with Gasteiger partial charge in [-0.2, -0.15) is 0 Å². The molecule has 174 valence electrons. The van der Waals surface area contributed by atoms with Gasteiger partial charge in [-0.15, -0.1) is 11.3 Å². The van der Waals surface area contributed by atoms with E-state index in [1.807, 2.05) is 19.9 Å². The summed E-state index contributed by atoms with van der Waals surface area (Å²) >= 11 is 1.20. The Morgan fingerprint density at radius 1 is 1.06 bits per heavy atom. The van der Waals surface area contributed by atoms with Crippen molar-refractivity contribution in [3.63, 3.8) is 0 Å². The summed E-state index contributed by atoms with van der Waals surface area (Å²) in [5.74, 6) is 0.771. The van der Waals surface area contributed by atoms with Crippen molar-refractivity contribution in [2.75, 3.05) is 29.4 Å². The van der Waals surface area contributed by atoms with Gasteiger partial charge in [0.15, 0.2) is 11.5 Å². The van der Waals surface area contributed by atoms with Gasteiger partial charge in [-0.3, -0.25) is 9.10 Å². The molecule has 33 heavy (non-hydrogen) atoms. The van der Waals surface area contributed by atoms with Crippen LogP contribution in [0.4, 0.5) is 11.4 Å². The van der Waals surface area contributed by atoms with E-state index in [2.05, 4.69) is 5.32 Å². The van der Waals surface area contributed by atoms with Gasteiger partial charge in [-0.1, -0.05) is 12.1 Å². The molecule has 0 saturated heterocycles. The molecule has 0 bridgehead atoms. The predicted octanol–water partition coefficient (Wildman–Crippen LogP) is 4.94. The summed E-state index contributed by atoms with van der Waals surface area (Å²) in [7, 11) is -3.64. The van der Waals surface area contributed by atoms with Crippen LogP contribution in [0.5, 0.6) is 11.5 Å². The predicted molar refractivity (Wildman–Crippen MR) is 130 cm³/mol. The number of rotatable bonds is 8. The summed E-state index contributed by atoms with van der Waals surface area (Å²) in [4.78, 5) is 12.9. The molecule has 1 aromatic heterocycles. The summed E-state index contributed by atoms with van der Waals surface area (Å²) in [6.45, 7) is 5.09. The Labute approximate surface area is 198 Å². The van der Waals surface area contributed by atoms with Gasteiger partial charge in [0.25, 0.3) is 15.9 Å². The number of thiophene rings is 1. The highest BCUT2D eigenvalue weighted by molar-refractivity contribution is 7.94. The average Bonchev–Trinajstić information content (AvgIpc) is 3.36. The lowest BCUT2D eigenvalue weighted by Crippen LogP contribution is -2.35. The van der Waals surface area contributed by atoms with Crippen molar-refractivity contribution >= 4 is 38.6 Å². The first-order valence-electron chi connectivity index (χ1n) is 10.8. The lowest BCUT2D eigenvalue weighted by Gasteiger charge is -2.30. The molecule has 0 aliphatic carbocycles. The van der Waals surface area contributed by atoms with Crippen LogP contribution in [0, 0.1) is 0 Å². The Hall–Kier alpha value is -3.04. The molecule has 0 radical (unpaired) electrons.